The number of methoxy groups -OCH3 is 1. The summed E-state index contributed by atoms with van der Waals surface area (Å²) in [6.07, 6.45) is 4.98. The molecule has 7 nitrogen and oxygen atoms in total. The van der Waals surface area contributed by atoms with Gasteiger partial charge in [-0.25, -0.2) is 9.78 Å². The van der Waals surface area contributed by atoms with E-state index in [1.165, 1.54) is 25.4 Å². The van der Waals surface area contributed by atoms with Gasteiger partial charge >= 0.3 is 5.97 Å². The van der Waals surface area contributed by atoms with Gasteiger partial charge in [-0.1, -0.05) is 0 Å². The Kier molecular flexibility index (Phi) is 5.71. The van der Waals surface area contributed by atoms with Gasteiger partial charge in [0.2, 0.25) is 5.88 Å². The molecule has 7 heteroatoms. The molecule has 1 heterocycles. The maximum atomic E-state index is 12.1. The number of carbonyl (C=O) groups is 2. The molecule has 0 saturated heterocycles. The highest BCUT2D eigenvalue weighted by Crippen LogP contribution is 2.24. The number of aromatic nitrogens is 1. The first-order chi connectivity index (χ1) is 10.6. The topological polar surface area (TPSA) is 97.8 Å². The highest BCUT2D eigenvalue weighted by atomic mass is 16.5. The van der Waals surface area contributed by atoms with Crippen molar-refractivity contribution in [1.82, 2.24) is 10.3 Å². The summed E-state index contributed by atoms with van der Waals surface area (Å²) in [5.41, 5.74) is 0.327. The van der Waals surface area contributed by atoms with Crippen LogP contribution in [-0.4, -0.2) is 47.8 Å². The van der Waals surface area contributed by atoms with Crippen LogP contribution in [0.2, 0.25) is 0 Å². The lowest BCUT2D eigenvalue weighted by Gasteiger charge is -2.25. The minimum atomic E-state index is -1.09. The monoisotopic (exact) mass is 308 g/mol. The van der Waals surface area contributed by atoms with Crippen LogP contribution in [0.5, 0.6) is 5.88 Å². The molecule has 1 unspecified atom stereocenters. The molecule has 0 spiro atoms. The van der Waals surface area contributed by atoms with Gasteiger partial charge in [0.05, 0.1) is 0 Å². The Hall–Kier alpha value is -2.15. The molecule has 0 radical (unpaired) electrons. The van der Waals surface area contributed by atoms with Crippen molar-refractivity contribution in [2.75, 3.05) is 13.7 Å². The van der Waals surface area contributed by atoms with Crippen molar-refractivity contribution in [1.29, 1.82) is 0 Å². The van der Waals surface area contributed by atoms with E-state index in [1.54, 1.807) is 0 Å². The maximum Gasteiger partial charge on any atom is 0.326 e. The zero-order valence-corrected chi connectivity index (χ0v) is 12.4. The Balaban J connectivity index is 1.98. The first kappa shape index (κ1) is 16.2. The van der Waals surface area contributed by atoms with Crippen molar-refractivity contribution in [2.45, 2.75) is 37.8 Å². The van der Waals surface area contributed by atoms with E-state index in [-0.39, 0.29) is 19.1 Å². The summed E-state index contributed by atoms with van der Waals surface area (Å²) in [6, 6.07) is 2.07. The third kappa shape index (κ3) is 4.42. The van der Waals surface area contributed by atoms with E-state index >= 15 is 0 Å². The summed E-state index contributed by atoms with van der Waals surface area (Å²) in [5.74, 6) is -1.17. The number of amides is 1. The molecule has 1 atom stereocenters. The van der Waals surface area contributed by atoms with Gasteiger partial charge in [0.1, 0.15) is 12.1 Å². The second-order valence-corrected chi connectivity index (χ2v) is 5.20. The van der Waals surface area contributed by atoms with Gasteiger partial charge in [0.25, 0.3) is 5.91 Å². The molecule has 0 bridgehead atoms. The van der Waals surface area contributed by atoms with Crippen LogP contribution in [-0.2, 0) is 9.53 Å². The van der Waals surface area contributed by atoms with E-state index in [4.69, 9.17) is 14.6 Å². The van der Waals surface area contributed by atoms with E-state index in [2.05, 4.69) is 10.3 Å². The zero-order valence-electron chi connectivity index (χ0n) is 12.4. The average Bonchev–Trinajstić information content (AvgIpc) is 2.47. The lowest BCUT2D eigenvalue weighted by atomic mass is 9.96. The Morgan fingerprint density at radius 3 is 2.86 bits per heavy atom. The molecule has 0 aliphatic heterocycles. The van der Waals surface area contributed by atoms with Gasteiger partial charge in [0, 0.05) is 38.0 Å². The molecule has 1 aromatic rings. The van der Waals surface area contributed by atoms with Crippen molar-refractivity contribution in [3.05, 3.63) is 23.9 Å². The Bertz CT molecular complexity index is 530. The van der Waals surface area contributed by atoms with Crippen LogP contribution in [0.1, 0.15) is 36.0 Å². The Morgan fingerprint density at radius 1 is 1.50 bits per heavy atom. The summed E-state index contributed by atoms with van der Waals surface area (Å²) >= 11 is 0. The van der Waals surface area contributed by atoms with E-state index in [9.17, 15) is 9.59 Å². The zero-order chi connectivity index (χ0) is 15.9. The van der Waals surface area contributed by atoms with Crippen LogP contribution >= 0.6 is 0 Å². The molecule has 1 aromatic heterocycles. The molecule has 120 valence electrons. The van der Waals surface area contributed by atoms with Crippen molar-refractivity contribution in [2.24, 2.45) is 0 Å². The fraction of sp³-hybridized carbons (Fsp3) is 0.533. The first-order valence-corrected chi connectivity index (χ1v) is 7.25. The van der Waals surface area contributed by atoms with Crippen molar-refractivity contribution >= 4 is 11.9 Å². The quantitative estimate of drug-likeness (QED) is 0.749. The number of carboxylic acid groups (broad SMARTS) is 1. The lowest BCUT2D eigenvalue weighted by Crippen LogP contribution is -2.41. The van der Waals surface area contributed by atoms with Crippen LogP contribution in [0.4, 0.5) is 0 Å². The average molecular weight is 308 g/mol. The van der Waals surface area contributed by atoms with E-state index in [0.717, 1.165) is 19.3 Å². The van der Waals surface area contributed by atoms with E-state index in [0.29, 0.717) is 11.4 Å². The highest BCUT2D eigenvalue weighted by Gasteiger charge is 2.22. The van der Waals surface area contributed by atoms with Crippen LogP contribution < -0.4 is 10.1 Å². The minimum Gasteiger partial charge on any atom is -0.480 e. The number of pyridine rings is 1. The fourth-order valence-corrected chi connectivity index (χ4v) is 2.01. The van der Waals surface area contributed by atoms with Crippen molar-refractivity contribution < 1.29 is 24.2 Å². The normalized spacial score (nSPS) is 15.7. The third-order valence-corrected chi connectivity index (χ3v) is 3.55. The predicted molar refractivity (Wildman–Crippen MR) is 77.9 cm³/mol. The number of hydrogen-bond acceptors (Lipinski definition) is 5. The number of nitrogens with one attached hydrogen (secondary N) is 1. The smallest absolute Gasteiger partial charge is 0.326 e. The maximum absolute atomic E-state index is 12.1. The predicted octanol–water partition coefficient (Wildman–Crippen LogP) is 1.23. The summed E-state index contributed by atoms with van der Waals surface area (Å²) in [4.78, 5) is 27.3. The number of hydrogen-bond donors (Lipinski definition) is 2. The number of carboxylic acids is 1. The minimum absolute atomic E-state index is 0.166. The molecule has 22 heavy (non-hydrogen) atoms. The van der Waals surface area contributed by atoms with E-state index < -0.39 is 17.9 Å². The molecule has 1 amide bonds. The molecule has 2 N–H and O–H groups in total. The standard InChI is InChI=1S/C15H20N2O5/c1-21-8-6-12(15(19)20)17-14(18)10-5-7-16-13(9-10)22-11-3-2-4-11/h5,7,9,11-12H,2-4,6,8H2,1H3,(H,17,18)(H,19,20). The first-order valence-electron chi connectivity index (χ1n) is 7.25. The molecule has 1 saturated carbocycles. The summed E-state index contributed by atoms with van der Waals surface area (Å²) < 4.78 is 10.5. The molecule has 0 aromatic carbocycles. The Morgan fingerprint density at radius 2 is 2.27 bits per heavy atom. The van der Waals surface area contributed by atoms with Crippen LogP contribution in [0, 0.1) is 0 Å². The molecule has 1 aliphatic rings. The number of ether oxygens (including phenoxy) is 2. The van der Waals surface area contributed by atoms with Crippen LogP contribution in [0.15, 0.2) is 18.3 Å². The lowest BCUT2D eigenvalue weighted by molar-refractivity contribution is -0.139. The van der Waals surface area contributed by atoms with Gasteiger partial charge in [-0.15, -0.1) is 0 Å². The molecular formula is C15H20N2O5. The summed E-state index contributed by atoms with van der Waals surface area (Å²) in [7, 11) is 1.48. The molecule has 1 fully saturated rings. The Labute approximate surface area is 128 Å². The highest BCUT2D eigenvalue weighted by molar-refractivity contribution is 5.96. The van der Waals surface area contributed by atoms with Crippen LogP contribution in [0.3, 0.4) is 0 Å². The van der Waals surface area contributed by atoms with Gasteiger partial charge in [-0.2, -0.15) is 0 Å². The number of nitrogens with zero attached hydrogens (tertiary/aromatic N) is 1. The SMILES string of the molecule is COCCC(NC(=O)c1ccnc(OC2CCC2)c1)C(=O)O. The van der Waals surface area contributed by atoms with Gasteiger partial charge in [0.15, 0.2) is 0 Å². The molecule has 2 rings (SSSR count). The number of rotatable bonds is 8. The van der Waals surface area contributed by atoms with Crippen LogP contribution in [0.25, 0.3) is 0 Å². The van der Waals surface area contributed by atoms with Crippen molar-refractivity contribution in [3.8, 4) is 5.88 Å². The third-order valence-electron chi connectivity index (χ3n) is 3.55. The molecule has 1 aliphatic carbocycles. The largest absolute Gasteiger partial charge is 0.480 e. The summed E-state index contributed by atoms with van der Waals surface area (Å²) in [5, 5.41) is 11.6. The second kappa shape index (κ2) is 7.74. The fourth-order valence-electron chi connectivity index (χ4n) is 2.01. The number of carbonyl (C=O) groups excluding carboxylic acids is 1. The van der Waals surface area contributed by atoms with E-state index in [1.807, 2.05) is 0 Å². The van der Waals surface area contributed by atoms with Crippen molar-refractivity contribution in [3.63, 3.8) is 0 Å². The summed E-state index contributed by atoms with van der Waals surface area (Å²) in [6.45, 7) is 0.254. The van der Waals surface area contributed by atoms with Gasteiger partial charge in [-0.3, -0.25) is 4.79 Å². The van der Waals surface area contributed by atoms with Gasteiger partial charge < -0.3 is 19.9 Å². The second-order valence-electron chi connectivity index (χ2n) is 5.20. The van der Waals surface area contributed by atoms with Gasteiger partial charge in [-0.05, 0) is 25.3 Å². The number of aliphatic carboxylic acids is 1. The molecular weight excluding hydrogens is 288 g/mol.